The van der Waals surface area contributed by atoms with E-state index in [2.05, 4.69) is 15.3 Å². The highest BCUT2D eigenvalue weighted by atomic mass is 16.5. The van der Waals surface area contributed by atoms with Crippen LogP contribution in [0.2, 0.25) is 0 Å². The minimum absolute atomic E-state index is 0.00434. The van der Waals surface area contributed by atoms with Crippen LogP contribution in [0.15, 0.2) is 17.2 Å². The summed E-state index contributed by atoms with van der Waals surface area (Å²) < 4.78 is 5.04. The SMILES string of the molecule is CC.CNC(=O)COCc1cnc(=O)[nH]c1. The van der Waals surface area contributed by atoms with Crippen molar-refractivity contribution in [2.24, 2.45) is 0 Å². The fourth-order valence-corrected chi connectivity index (χ4v) is 0.783. The van der Waals surface area contributed by atoms with Gasteiger partial charge in [-0.25, -0.2) is 9.78 Å². The number of ether oxygens (including phenoxy) is 1. The molecule has 0 fully saturated rings. The lowest BCUT2D eigenvalue weighted by Crippen LogP contribution is -2.23. The summed E-state index contributed by atoms with van der Waals surface area (Å²) in [7, 11) is 1.53. The first-order chi connectivity index (χ1) is 7.72. The van der Waals surface area contributed by atoms with Gasteiger partial charge < -0.3 is 15.0 Å². The molecule has 0 aliphatic rings. The largest absolute Gasteiger partial charge is 0.367 e. The molecule has 1 heterocycles. The number of likely N-dealkylation sites (N-methyl/N-ethyl adjacent to an activating group) is 1. The van der Waals surface area contributed by atoms with Gasteiger partial charge in [0.1, 0.15) is 6.61 Å². The summed E-state index contributed by atoms with van der Waals surface area (Å²) in [5.41, 5.74) is 0.313. The van der Waals surface area contributed by atoms with Crippen LogP contribution in [-0.2, 0) is 16.1 Å². The Morgan fingerprint density at radius 3 is 2.75 bits per heavy atom. The highest BCUT2D eigenvalue weighted by Crippen LogP contribution is 1.93. The number of carbonyl (C=O) groups is 1. The summed E-state index contributed by atoms with van der Waals surface area (Å²) in [5, 5.41) is 2.42. The van der Waals surface area contributed by atoms with Gasteiger partial charge in [-0.3, -0.25) is 4.79 Å². The van der Waals surface area contributed by atoms with Crippen LogP contribution in [0.25, 0.3) is 0 Å². The van der Waals surface area contributed by atoms with E-state index in [0.717, 1.165) is 0 Å². The lowest BCUT2D eigenvalue weighted by atomic mass is 10.4. The molecule has 6 nitrogen and oxygen atoms in total. The summed E-state index contributed by atoms with van der Waals surface area (Å²) in [6.07, 6.45) is 2.90. The first-order valence-electron chi connectivity index (χ1n) is 5.04. The van der Waals surface area contributed by atoms with Gasteiger partial charge in [0.2, 0.25) is 5.91 Å². The standard InChI is InChI=1S/C8H11N3O3.C2H6/c1-9-7(12)5-14-4-6-2-10-8(13)11-3-6;1-2/h2-3H,4-5H2,1H3,(H,9,12)(H,10,11,13);1-2H3. The molecule has 0 saturated heterocycles. The van der Waals surface area contributed by atoms with Gasteiger partial charge in [-0.15, -0.1) is 0 Å². The highest BCUT2D eigenvalue weighted by molar-refractivity contribution is 5.76. The molecule has 1 rings (SSSR count). The Kier molecular flexibility index (Phi) is 7.70. The van der Waals surface area contributed by atoms with E-state index in [-0.39, 0.29) is 19.1 Å². The number of carbonyl (C=O) groups excluding carboxylic acids is 1. The number of hydrogen-bond donors (Lipinski definition) is 2. The summed E-state index contributed by atoms with van der Waals surface area (Å²) in [6, 6.07) is 0. The molecular formula is C10H17N3O3. The molecule has 0 saturated carbocycles. The molecule has 90 valence electrons. The Hall–Kier alpha value is -1.69. The van der Waals surface area contributed by atoms with Crippen LogP contribution in [0, 0.1) is 0 Å². The second-order valence-corrected chi connectivity index (χ2v) is 2.59. The Balaban J connectivity index is 0.00000106. The summed E-state index contributed by atoms with van der Waals surface area (Å²) in [6.45, 7) is 4.24. The van der Waals surface area contributed by atoms with E-state index in [4.69, 9.17) is 4.74 Å². The molecule has 2 N–H and O–H groups in total. The van der Waals surface area contributed by atoms with Crippen molar-refractivity contribution in [3.8, 4) is 0 Å². The minimum atomic E-state index is -0.403. The van der Waals surface area contributed by atoms with Crippen molar-refractivity contribution < 1.29 is 9.53 Å². The van der Waals surface area contributed by atoms with Crippen molar-refractivity contribution in [3.63, 3.8) is 0 Å². The normalized spacial score (nSPS) is 8.94. The van der Waals surface area contributed by atoms with E-state index < -0.39 is 5.69 Å². The first kappa shape index (κ1) is 14.3. The van der Waals surface area contributed by atoms with Gasteiger partial charge in [-0.2, -0.15) is 0 Å². The Bertz CT molecular complexity index is 342. The molecule has 0 unspecified atom stereocenters. The highest BCUT2D eigenvalue weighted by Gasteiger charge is 1.98. The molecule has 1 aromatic heterocycles. The third-order valence-corrected chi connectivity index (χ3v) is 1.51. The molecule has 1 amide bonds. The van der Waals surface area contributed by atoms with Gasteiger partial charge in [-0.05, 0) is 0 Å². The molecule has 0 aliphatic carbocycles. The molecule has 0 aromatic carbocycles. The van der Waals surface area contributed by atoms with Gasteiger partial charge in [0.05, 0.1) is 6.61 Å². The van der Waals surface area contributed by atoms with E-state index in [1.807, 2.05) is 13.8 Å². The number of aromatic amines is 1. The number of aromatic nitrogens is 2. The number of amides is 1. The third kappa shape index (κ3) is 5.92. The van der Waals surface area contributed by atoms with Gasteiger partial charge in [0, 0.05) is 25.0 Å². The van der Waals surface area contributed by atoms with Crippen LogP contribution in [0.4, 0.5) is 0 Å². The molecule has 6 heteroatoms. The number of rotatable bonds is 4. The predicted octanol–water partition coefficient (Wildman–Crippen LogP) is 0.0587. The monoisotopic (exact) mass is 227 g/mol. The van der Waals surface area contributed by atoms with Gasteiger partial charge in [0.25, 0.3) is 0 Å². The topological polar surface area (TPSA) is 84.1 Å². The Labute approximate surface area is 94.1 Å². The predicted molar refractivity (Wildman–Crippen MR) is 59.9 cm³/mol. The summed E-state index contributed by atoms with van der Waals surface area (Å²) in [4.78, 5) is 27.2. The Morgan fingerprint density at radius 1 is 1.56 bits per heavy atom. The zero-order chi connectivity index (χ0) is 12.4. The average molecular weight is 227 g/mol. The van der Waals surface area contributed by atoms with Gasteiger partial charge in [-0.1, -0.05) is 13.8 Å². The fraction of sp³-hybridized carbons (Fsp3) is 0.500. The van der Waals surface area contributed by atoms with Crippen LogP contribution in [0.5, 0.6) is 0 Å². The number of nitrogens with zero attached hydrogens (tertiary/aromatic N) is 1. The molecule has 0 atom stereocenters. The van der Waals surface area contributed by atoms with Crippen molar-refractivity contribution >= 4 is 5.91 Å². The van der Waals surface area contributed by atoms with Crippen molar-refractivity contribution in [1.29, 1.82) is 0 Å². The lowest BCUT2D eigenvalue weighted by molar-refractivity contribution is -0.125. The van der Waals surface area contributed by atoms with E-state index in [0.29, 0.717) is 5.56 Å². The maximum absolute atomic E-state index is 10.7. The molecule has 0 spiro atoms. The first-order valence-corrected chi connectivity index (χ1v) is 5.04. The molecule has 0 aliphatic heterocycles. The zero-order valence-corrected chi connectivity index (χ0v) is 9.74. The lowest BCUT2D eigenvalue weighted by Gasteiger charge is -2.01. The summed E-state index contributed by atoms with van der Waals surface area (Å²) in [5.74, 6) is -0.192. The van der Waals surface area contributed by atoms with Crippen molar-refractivity contribution in [2.75, 3.05) is 13.7 Å². The maximum atomic E-state index is 10.7. The fourth-order valence-electron chi connectivity index (χ4n) is 0.783. The molecule has 16 heavy (non-hydrogen) atoms. The van der Waals surface area contributed by atoms with E-state index >= 15 is 0 Å². The van der Waals surface area contributed by atoms with Gasteiger partial charge >= 0.3 is 5.69 Å². The Morgan fingerprint density at radius 2 is 2.25 bits per heavy atom. The van der Waals surface area contributed by atoms with E-state index in [1.54, 1.807) is 0 Å². The molecular weight excluding hydrogens is 210 g/mol. The third-order valence-electron chi connectivity index (χ3n) is 1.51. The van der Waals surface area contributed by atoms with E-state index in [9.17, 15) is 9.59 Å². The number of nitrogens with one attached hydrogen (secondary N) is 2. The van der Waals surface area contributed by atoms with Crippen molar-refractivity contribution in [2.45, 2.75) is 20.5 Å². The van der Waals surface area contributed by atoms with Crippen LogP contribution < -0.4 is 11.0 Å². The van der Waals surface area contributed by atoms with Crippen LogP contribution >= 0.6 is 0 Å². The summed E-state index contributed by atoms with van der Waals surface area (Å²) >= 11 is 0. The quantitative estimate of drug-likeness (QED) is 0.761. The smallest absolute Gasteiger partial charge is 0.344 e. The van der Waals surface area contributed by atoms with Crippen LogP contribution in [0.1, 0.15) is 19.4 Å². The molecule has 1 aromatic rings. The number of H-pyrrole nitrogens is 1. The van der Waals surface area contributed by atoms with Crippen LogP contribution in [-0.4, -0.2) is 29.5 Å². The van der Waals surface area contributed by atoms with Crippen LogP contribution in [0.3, 0.4) is 0 Å². The molecule has 0 radical (unpaired) electrons. The van der Waals surface area contributed by atoms with Crippen molar-refractivity contribution in [3.05, 3.63) is 28.4 Å². The van der Waals surface area contributed by atoms with Crippen molar-refractivity contribution in [1.82, 2.24) is 15.3 Å². The number of hydrogen-bond acceptors (Lipinski definition) is 4. The van der Waals surface area contributed by atoms with E-state index in [1.165, 1.54) is 19.4 Å². The molecule has 0 bridgehead atoms. The maximum Gasteiger partial charge on any atom is 0.344 e. The minimum Gasteiger partial charge on any atom is -0.367 e. The van der Waals surface area contributed by atoms with Gasteiger partial charge in [0.15, 0.2) is 0 Å². The second kappa shape index (κ2) is 8.60. The second-order valence-electron chi connectivity index (χ2n) is 2.59. The zero-order valence-electron chi connectivity index (χ0n) is 9.74. The average Bonchev–Trinajstić information content (AvgIpc) is 2.34.